The van der Waals surface area contributed by atoms with Crippen molar-refractivity contribution in [2.24, 2.45) is 5.92 Å². The molecule has 148 valence electrons. The van der Waals surface area contributed by atoms with Gasteiger partial charge in [0.1, 0.15) is 0 Å². The van der Waals surface area contributed by atoms with E-state index in [0.29, 0.717) is 19.0 Å². The van der Waals surface area contributed by atoms with Gasteiger partial charge in [-0.2, -0.15) is 0 Å². The van der Waals surface area contributed by atoms with Crippen LogP contribution in [0.25, 0.3) is 0 Å². The molecule has 1 aliphatic carbocycles. The second-order valence-corrected chi connectivity index (χ2v) is 8.60. The molecule has 0 spiro atoms. The van der Waals surface area contributed by atoms with Crippen molar-refractivity contribution in [3.63, 3.8) is 0 Å². The molecule has 27 heavy (non-hydrogen) atoms. The molecule has 5 nitrogen and oxygen atoms in total. The van der Waals surface area contributed by atoms with Gasteiger partial charge in [-0.25, -0.2) is 4.79 Å². The Morgan fingerprint density at radius 1 is 1.07 bits per heavy atom. The normalized spacial score (nSPS) is 26.5. The van der Waals surface area contributed by atoms with Gasteiger partial charge in [-0.15, -0.1) is 0 Å². The number of benzene rings is 1. The van der Waals surface area contributed by atoms with E-state index in [1.54, 1.807) is 0 Å². The second-order valence-electron chi connectivity index (χ2n) is 8.60. The number of nitrogens with one attached hydrogen (secondary N) is 2. The minimum absolute atomic E-state index is 0.0606. The molecule has 3 rings (SSSR count). The summed E-state index contributed by atoms with van der Waals surface area (Å²) < 4.78 is 0. The monoisotopic (exact) mass is 371 g/mol. The lowest BCUT2D eigenvalue weighted by Crippen LogP contribution is -2.57. The first-order chi connectivity index (χ1) is 12.9. The number of piperidine rings is 1. The lowest BCUT2D eigenvalue weighted by Gasteiger charge is -2.41. The van der Waals surface area contributed by atoms with Crippen LogP contribution < -0.4 is 10.6 Å². The van der Waals surface area contributed by atoms with Crippen molar-refractivity contribution in [1.82, 2.24) is 15.5 Å². The average molecular weight is 372 g/mol. The molecule has 1 heterocycles. The van der Waals surface area contributed by atoms with E-state index >= 15 is 0 Å². The average Bonchev–Trinajstić information content (AvgIpc) is 2.65. The van der Waals surface area contributed by atoms with Crippen molar-refractivity contribution in [2.75, 3.05) is 13.1 Å². The van der Waals surface area contributed by atoms with Crippen molar-refractivity contribution < 1.29 is 9.59 Å². The van der Waals surface area contributed by atoms with Crippen LogP contribution in [0.2, 0.25) is 0 Å². The van der Waals surface area contributed by atoms with E-state index in [-0.39, 0.29) is 23.5 Å². The summed E-state index contributed by atoms with van der Waals surface area (Å²) in [6.45, 7) is 7.79. The third kappa shape index (κ3) is 4.82. The van der Waals surface area contributed by atoms with Crippen molar-refractivity contribution in [3.8, 4) is 0 Å². The summed E-state index contributed by atoms with van der Waals surface area (Å²) in [5.74, 6) is 0.590. The fourth-order valence-electron chi connectivity index (χ4n) is 4.28. The summed E-state index contributed by atoms with van der Waals surface area (Å²) in [7, 11) is 0. The van der Waals surface area contributed by atoms with Crippen LogP contribution >= 0.6 is 0 Å². The Labute approximate surface area is 162 Å². The fraction of sp³-hybridized carbons (Fsp3) is 0.636. The van der Waals surface area contributed by atoms with Crippen LogP contribution in [0.15, 0.2) is 24.3 Å². The number of nitrogens with zero attached hydrogens (tertiary/aromatic N) is 1. The van der Waals surface area contributed by atoms with E-state index in [0.717, 1.165) is 30.4 Å². The van der Waals surface area contributed by atoms with E-state index in [1.165, 1.54) is 19.3 Å². The van der Waals surface area contributed by atoms with Gasteiger partial charge < -0.3 is 15.5 Å². The van der Waals surface area contributed by atoms with Gasteiger partial charge in [-0.1, -0.05) is 37.5 Å². The van der Waals surface area contributed by atoms with Gasteiger partial charge in [-0.3, -0.25) is 4.79 Å². The maximum Gasteiger partial charge on any atom is 0.315 e. The molecule has 2 aliphatic rings. The Kier molecular flexibility index (Phi) is 6.08. The highest BCUT2D eigenvalue weighted by atomic mass is 16.2. The summed E-state index contributed by atoms with van der Waals surface area (Å²) in [4.78, 5) is 27.0. The highest BCUT2D eigenvalue weighted by Crippen LogP contribution is 2.33. The molecule has 1 aliphatic heterocycles. The van der Waals surface area contributed by atoms with Gasteiger partial charge >= 0.3 is 6.03 Å². The number of amides is 3. The second kappa shape index (κ2) is 8.32. The zero-order valence-electron chi connectivity index (χ0n) is 16.9. The molecule has 2 N–H and O–H groups in total. The first kappa shape index (κ1) is 19.7. The number of hydrogen-bond acceptors (Lipinski definition) is 2. The Morgan fingerprint density at radius 3 is 2.37 bits per heavy atom. The minimum atomic E-state index is -0.107. The molecular formula is C22H33N3O2. The Morgan fingerprint density at radius 2 is 1.74 bits per heavy atom. The van der Waals surface area contributed by atoms with Crippen LogP contribution in [0.1, 0.15) is 68.3 Å². The van der Waals surface area contributed by atoms with E-state index in [2.05, 4.69) is 24.5 Å². The van der Waals surface area contributed by atoms with Gasteiger partial charge in [0.15, 0.2) is 0 Å². The lowest BCUT2D eigenvalue weighted by atomic mass is 9.75. The molecule has 3 amide bonds. The number of aryl methyl sites for hydroxylation is 1. The number of likely N-dealkylation sites (tertiary alicyclic amines) is 1. The maximum atomic E-state index is 12.6. The summed E-state index contributed by atoms with van der Waals surface area (Å²) in [5.41, 5.74) is 1.79. The molecule has 1 aromatic rings. The van der Waals surface area contributed by atoms with Gasteiger partial charge in [0.25, 0.3) is 5.91 Å². The fourth-order valence-corrected chi connectivity index (χ4v) is 4.28. The molecule has 2 fully saturated rings. The van der Waals surface area contributed by atoms with E-state index in [9.17, 15) is 9.59 Å². The molecule has 1 saturated carbocycles. The Bertz CT molecular complexity index is 665. The van der Waals surface area contributed by atoms with Gasteiger partial charge in [0.05, 0.1) is 0 Å². The van der Waals surface area contributed by atoms with Crippen LogP contribution in [0.3, 0.4) is 0 Å². The SMILES string of the molecule is Cc1ccc(C(=O)N2CCC(NC(=O)NC3(C)CCCCC3C)CC2)cc1. The molecule has 1 aromatic carbocycles. The van der Waals surface area contributed by atoms with Crippen molar-refractivity contribution in [1.29, 1.82) is 0 Å². The predicted octanol–water partition coefficient (Wildman–Crippen LogP) is 3.87. The molecule has 0 aromatic heterocycles. The van der Waals surface area contributed by atoms with Crippen molar-refractivity contribution in [2.45, 2.75) is 70.9 Å². The van der Waals surface area contributed by atoms with Crippen LogP contribution in [0.5, 0.6) is 0 Å². The Balaban J connectivity index is 1.47. The standard InChI is InChI=1S/C22H33N3O2/c1-16-7-9-18(10-8-16)20(26)25-14-11-19(12-15-25)23-21(27)24-22(3)13-5-4-6-17(22)2/h7-10,17,19H,4-6,11-15H2,1-3H3,(H2,23,24,27). The molecule has 1 saturated heterocycles. The highest BCUT2D eigenvalue weighted by molar-refractivity contribution is 5.94. The highest BCUT2D eigenvalue weighted by Gasteiger charge is 2.35. The molecule has 0 bridgehead atoms. The zero-order chi connectivity index (χ0) is 19.4. The summed E-state index contributed by atoms with van der Waals surface area (Å²) in [6, 6.07) is 7.80. The number of urea groups is 1. The molecule has 2 atom stereocenters. The first-order valence-corrected chi connectivity index (χ1v) is 10.3. The third-order valence-corrected chi connectivity index (χ3v) is 6.49. The van der Waals surface area contributed by atoms with Gasteiger partial charge in [0.2, 0.25) is 0 Å². The van der Waals surface area contributed by atoms with Crippen LogP contribution in [0, 0.1) is 12.8 Å². The first-order valence-electron chi connectivity index (χ1n) is 10.3. The molecular weight excluding hydrogens is 338 g/mol. The Hall–Kier alpha value is -2.04. The molecule has 2 unspecified atom stereocenters. The smallest absolute Gasteiger partial charge is 0.315 e. The summed E-state index contributed by atoms with van der Waals surface area (Å²) in [5, 5.41) is 6.36. The van der Waals surface area contributed by atoms with Gasteiger partial charge in [-0.05, 0) is 57.6 Å². The van der Waals surface area contributed by atoms with Gasteiger partial charge in [0, 0.05) is 30.2 Å². The largest absolute Gasteiger partial charge is 0.338 e. The molecule has 5 heteroatoms. The predicted molar refractivity (Wildman–Crippen MR) is 108 cm³/mol. The maximum absolute atomic E-state index is 12.6. The number of carbonyl (C=O) groups excluding carboxylic acids is 2. The van der Waals surface area contributed by atoms with Crippen molar-refractivity contribution >= 4 is 11.9 Å². The number of hydrogen-bond donors (Lipinski definition) is 2. The minimum Gasteiger partial charge on any atom is -0.338 e. The van der Waals surface area contributed by atoms with E-state index in [4.69, 9.17) is 0 Å². The van der Waals surface area contributed by atoms with Crippen LogP contribution in [-0.4, -0.2) is 41.5 Å². The third-order valence-electron chi connectivity index (χ3n) is 6.49. The number of carbonyl (C=O) groups is 2. The lowest BCUT2D eigenvalue weighted by molar-refractivity contribution is 0.0707. The number of rotatable bonds is 3. The van der Waals surface area contributed by atoms with Crippen LogP contribution in [0.4, 0.5) is 4.79 Å². The molecule has 0 radical (unpaired) electrons. The quantitative estimate of drug-likeness (QED) is 0.847. The summed E-state index contributed by atoms with van der Waals surface area (Å²) >= 11 is 0. The summed E-state index contributed by atoms with van der Waals surface area (Å²) in [6.07, 6.45) is 6.27. The van der Waals surface area contributed by atoms with E-state index in [1.807, 2.05) is 36.1 Å². The van der Waals surface area contributed by atoms with Crippen molar-refractivity contribution in [3.05, 3.63) is 35.4 Å². The topological polar surface area (TPSA) is 61.4 Å². The van der Waals surface area contributed by atoms with Crippen LogP contribution in [-0.2, 0) is 0 Å². The zero-order valence-corrected chi connectivity index (χ0v) is 16.9. The van der Waals surface area contributed by atoms with E-state index < -0.39 is 0 Å².